The first-order chi connectivity index (χ1) is 30.4. The van der Waals surface area contributed by atoms with Gasteiger partial charge in [0.1, 0.15) is 22.7 Å². The van der Waals surface area contributed by atoms with Crippen molar-refractivity contribution < 1.29 is 63.7 Å². The lowest BCUT2D eigenvalue weighted by atomic mass is 9.87. The van der Waals surface area contributed by atoms with E-state index in [1.807, 2.05) is 0 Å². The van der Waals surface area contributed by atoms with Gasteiger partial charge >= 0.3 is 24.1 Å². The van der Waals surface area contributed by atoms with Crippen molar-refractivity contribution in [2.24, 2.45) is 39.8 Å². The Labute approximate surface area is 399 Å². The molecule has 21 heteroatoms. The van der Waals surface area contributed by atoms with Gasteiger partial charge in [0, 0.05) is 31.3 Å². The zero-order chi connectivity index (χ0) is 50.7. The molecule has 0 bridgehead atoms. The highest BCUT2D eigenvalue weighted by molar-refractivity contribution is 5.91. The topological polar surface area (TPSA) is 359 Å². The number of phenolic OH excluding ortho intramolecular Hbond substituents is 2. The Morgan fingerprint density at radius 3 is 1.40 bits per heavy atom. The number of halogens is 1. The predicted molar refractivity (Wildman–Crippen MR) is 253 cm³/mol. The predicted octanol–water partition coefficient (Wildman–Crippen LogP) is 1.48. The number of aliphatic imine (C=N–C) groups is 1. The van der Waals surface area contributed by atoms with Gasteiger partial charge in [-0.25, -0.2) is 9.59 Å². The first-order valence-electron chi connectivity index (χ1n) is 21.6. The third-order valence-electron chi connectivity index (χ3n) is 9.94. The maximum atomic E-state index is 13.0. The van der Waals surface area contributed by atoms with Gasteiger partial charge in [-0.15, -0.1) is 12.4 Å². The number of aromatic hydroxyl groups is 2. The molecule has 67 heavy (non-hydrogen) atoms. The molecule has 0 unspecified atom stereocenters. The van der Waals surface area contributed by atoms with Crippen molar-refractivity contribution in [2.75, 3.05) is 13.1 Å². The van der Waals surface area contributed by atoms with Gasteiger partial charge in [-0.05, 0) is 165 Å². The highest BCUT2D eigenvalue weighted by Crippen LogP contribution is 2.27. The van der Waals surface area contributed by atoms with Crippen molar-refractivity contribution in [3.63, 3.8) is 0 Å². The Bertz CT molecular complexity index is 1880. The van der Waals surface area contributed by atoms with Crippen LogP contribution >= 0.6 is 12.4 Å². The number of hydrogen-bond acceptors (Lipinski definition) is 12. The largest absolute Gasteiger partial charge is 0.550 e. The van der Waals surface area contributed by atoms with Crippen LogP contribution in [0.4, 0.5) is 9.59 Å². The van der Waals surface area contributed by atoms with Gasteiger partial charge in [0.15, 0.2) is 17.5 Å². The molecule has 0 saturated carbocycles. The number of ketones is 2. The van der Waals surface area contributed by atoms with E-state index in [4.69, 9.17) is 32.4 Å². The number of benzene rings is 2. The van der Waals surface area contributed by atoms with E-state index >= 15 is 0 Å². The quantitative estimate of drug-likeness (QED) is 0.0454. The summed E-state index contributed by atoms with van der Waals surface area (Å²) in [5.74, 6) is -5.32. The van der Waals surface area contributed by atoms with Crippen molar-refractivity contribution in [1.29, 1.82) is 0 Å². The SMILES string of the molecule is Cc1cc(O)cc(C)c1C[C@H](CC(=O)[C@@H](CCCN=C(N)N)NC(=O)OC(C)(C)C)C(=O)O.Cc1cc(O)cc(C)c1C[C@H](CC(=O)[C@@H](CCC[NH+]=C(N)N)NC(=O)OC(C)(C)C)C(=O)[O-].Cl. The second-order valence-electron chi connectivity index (χ2n) is 18.3. The zero-order valence-corrected chi connectivity index (χ0v) is 41.2. The van der Waals surface area contributed by atoms with E-state index in [2.05, 4.69) is 20.6 Å². The van der Waals surface area contributed by atoms with Crippen LogP contribution in [-0.4, -0.2) is 99.3 Å². The lowest BCUT2D eigenvalue weighted by molar-refractivity contribution is -0.459. The first-order valence-corrected chi connectivity index (χ1v) is 21.6. The summed E-state index contributed by atoms with van der Waals surface area (Å²) in [6.45, 7) is 17.9. The van der Waals surface area contributed by atoms with Crippen LogP contribution in [0.3, 0.4) is 0 Å². The number of phenols is 2. The number of nitrogens with one attached hydrogen (secondary N) is 3. The van der Waals surface area contributed by atoms with Gasteiger partial charge in [-0.1, -0.05) is 0 Å². The van der Waals surface area contributed by atoms with Crippen LogP contribution in [0.1, 0.15) is 113 Å². The van der Waals surface area contributed by atoms with E-state index in [1.165, 1.54) is 12.1 Å². The average Bonchev–Trinajstić information content (AvgIpc) is 3.14. The monoisotopic (exact) mass is 965 g/mol. The molecule has 0 radical (unpaired) electrons. The minimum Gasteiger partial charge on any atom is -0.550 e. The molecule has 376 valence electrons. The molecule has 14 N–H and O–H groups in total. The van der Waals surface area contributed by atoms with E-state index < -0.39 is 70.8 Å². The van der Waals surface area contributed by atoms with Crippen LogP contribution in [0, 0.1) is 39.5 Å². The fourth-order valence-electron chi connectivity index (χ4n) is 6.90. The summed E-state index contributed by atoms with van der Waals surface area (Å²) in [5, 5.41) is 46.1. The summed E-state index contributed by atoms with van der Waals surface area (Å²) < 4.78 is 10.5. The normalized spacial score (nSPS) is 12.8. The van der Waals surface area contributed by atoms with Crippen molar-refractivity contribution in [1.82, 2.24) is 10.6 Å². The van der Waals surface area contributed by atoms with Crippen LogP contribution in [0.2, 0.25) is 0 Å². The fraction of sp³-hybridized carbons (Fsp3) is 0.565. The first kappa shape index (κ1) is 60.7. The molecule has 4 atom stereocenters. The summed E-state index contributed by atoms with van der Waals surface area (Å²) in [6, 6.07) is 4.29. The zero-order valence-electron chi connectivity index (χ0n) is 40.4. The van der Waals surface area contributed by atoms with Gasteiger partial charge in [-0.2, -0.15) is 0 Å². The Balaban J connectivity index is 0.00000128. The number of nitrogens with two attached hydrogens (primary N) is 4. The number of hydrogen-bond donors (Lipinski definition) is 10. The molecule has 20 nitrogen and oxygen atoms in total. The van der Waals surface area contributed by atoms with Crippen molar-refractivity contribution in [2.45, 2.75) is 144 Å². The van der Waals surface area contributed by atoms with Crippen LogP contribution in [0.15, 0.2) is 29.3 Å². The van der Waals surface area contributed by atoms with E-state index in [-0.39, 0.29) is 80.9 Å². The maximum absolute atomic E-state index is 13.0. The molecule has 2 aromatic carbocycles. The minimum absolute atomic E-state index is 0. The molecule has 0 aromatic heterocycles. The Hall–Kier alpha value is -6.31. The Morgan fingerprint density at radius 1 is 0.687 bits per heavy atom. The average molecular weight is 966 g/mol. The highest BCUT2D eigenvalue weighted by Gasteiger charge is 2.31. The molecule has 2 aromatic rings. The fourth-order valence-corrected chi connectivity index (χ4v) is 6.90. The number of ether oxygens (including phenoxy) is 2. The van der Waals surface area contributed by atoms with Crippen molar-refractivity contribution in [3.8, 4) is 11.5 Å². The van der Waals surface area contributed by atoms with Crippen LogP contribution in [0.5, 0.6) is 11.5 Å². The molecule has 2 amide bonds. The molecule has 0 aliphatic heterocycles. The lowest BCUT2D eigenvalue weighted by Gasteiger charge is -2.25. The molecule has 0 heterocycles. The second-order valence-corrected chi connectivity index (χ2v) is 18.3. The molecular weight excluding hydrogens is 892 g/mol. The van der Waals surface area contributed by atoms with Gasteiger partial charge in [0.2, 0.25) is 0 Å². The minimum atomic E-state index is -1.36. The molecule has 0 fully saturated rings. The highest BCUT2D eigenvalue weighted by atomic mass is 35.5. The van der Waals surface area contributed by atoms with Crippen LogP contribution < -0.4 is 43.7 Å². The Morgan fingerprint density at radius 2 is 1.06 bits per heavy atom. The van der Waals surface area contributed by atoms with E-state index in [0.717, 1.165) is 33.4 Å². The number of guanidine groups is 2. The van der Waals surface area contributed by atoms with Crippen molar-refractivity contribution in [3.05, 3.63) is 57.6 Å². The number of Topliss-reactive ketones (excluding diaryl/α,β-unsaturated/α-hetero) is 2. The summed E-state index contributed by atoms with van der Waals surface area (Å²) in [5.41, 5.74) is 24.3. The molecule has 0 spiro atoms. The number of rotatable bonds is 22. The van der Waals surface area contributed by atoms with E-state index in [9.17, 15) is 49.2 Å². The van der Waals surface area contributed by atoms with Gasteiger partial charge in [-0.3, -0.25) is 35.8 Å². The Kier molecular flexibility index (Phi) is 25.4. The smallest absolute Gasteiger partial charge is 0.408 e. The third kappa shape index (κ3) is 24.7. The standard InChI is InChI=1S/2C23H36N4O6.ClH/c2*1-13-9-16(28)10-14(2)17(13)11-15(20(30)31)12-19(29)18(7-6-8-26-21(24)25)27-22(32)33-23(3,4)5;/h2*9-10,15,18,28H,6-8,11-12H2,1-5H3,(H,27,32)(H,30,31)(H4,24,25,26);1H/t2*15-,18-;/m11./s1. The second kappa shape index (κ2) is 28.0. The summed E-state index contributed by atoms with van der Waals surface area (Å²) in [4.78, 5) is 80.9. The molecule has 0 saturated heterocycles. The summed E-state index contributed by atoms with van der Waals surface area (Å²) >= 11 is 0. The van der Waals surface area contributed by atoms with Gasteiger partial charge in [0.05, 0.1) is 24.5 Å². The molecule has 2 rings (SSSR count). The lowest BCUT2D eigenvalue weighted by Crippen LogP contribution is -2.78. The van der Waals surface area contributed by atoms with Gasteiger partial charge in [0.25, 0.3) is 0 Å². The number of aliphatic carboxylic acids is 2. The number of carboxylic acids is 2. The third-order valence-corrected chi connectivity index (χ3v) is 9.94. The number of nitrogens with zero attached hydrogens (tertiary/aromatic N) is 1. The number of alkyl carbamates (subject to hydrolysis) is 2. The number of aryl methyl sites for hydroxylation is 4. The number of carbonyl (C=O) groups excluding carboxylic acids is 5. The maximum Gasteiger partial charge on any atom is 0.408 e. The number of amides is 2. The van der Waals surface area contributed by atoms with Crippen molar-refractivity contribution >= 4 is 60.0 Å². The van der Waals surface area contributed by atoms with E-state index in [0.29, 0.717) is 19.4 Å². The number of carbonyl (C=O) groups is 6. The summed E-state index contributed by atoms with van der Waals surface area (Å²) in [7, 11) is 0. The molecular formula is C46H73ClN8O12. The molecule has 0 aliphatic carbocycles. The molecule has 0 aliphatic rings. The van der Waals surface area contributed by atoms with Crippen LogP contribution in [-0.2, 0) is 41.5 Å². The number of carboxylic acid groups (broad SMARTS) is 2. The van der Waals surface area contributed by atoms with Gasteiger partial charge < -0.3 is 56.8 Å². The van der Waals surface area contributed by atoms with Crippen LogP contribution in [0.25, 0.3) is 0 Å². The summed E-state index contributed by atoms with van der Waals surface area (Å²) in [6.07, 6.45) is -0.674. The van der Waals surface area contributed by atoms with E-state index in [1.54, 1.807) is 81.4 Å².